The van der Waals surface area contributed by atoms with Crippen molar-refractivity contribution in [2.75, 3.05) is 11.9 Å². The number of para-hydroxylation sites is 2. The molecule has 0 radical (unpaired) electrons. The summed E-state index contributed by atoms with van der Waals surface area (Å²) >= 11 is 5.61. The van der Waals surface area contributed by atoms with Crippen LogP contribution in [-0.2, 0) is 22.6 Å². The zero-order valence-electron chi connectivity index (χ0n) is 20.2. The standard InChI is InChI=1S/C28H30N4O2S/c1-3-19-10-9-15-23-20(17-31(26(19)23)18-25(33)29-21-11-7-8-12-21)16-24-27(34)32(28(35)30(24)2)22-13-5-4-6-14-22/h4-6,9-10,13-17,21H,3,7-8,11-12,18H2,1-2H3,(H,29,33)/b24-16-. The van der Waals surface area contributed by atoms with Crippen LogP contribution in [0.2, 0.25) is 0 Å². The molecule has 1 aliphatic heterocycles. The van der Waals surface area contributed by atoms with Crippen LogP contribution in [0.3, 0.4) is 0 Å². The normalized spacial score (nSPS) is 17.8. The SMILES string of the molecule is CCc1cccc2c(/C=C3/C(=O)N(c4ccccc4)C(=S)N3C)cn(CC(=O)NC3CCCC3)c12. The van der Waals surface area contributed by atoms with Crippen LogP contribution in [0.25, 0.3) is 17.0 Å². The van der Waals surface area contributed by atoms with Crippen molar-refractivity contribution >= 4 is 51.8 Å². The van der Waals surface area contributed by atoms with Gasteiger partial charge in [-0.2, -0.15) is 0 Å². The van der Waals surface area contributed by atoms with Gasteiger partial charge in [0.1, 0.15) is 12.2 Å². The highest BCUT2D eigenvalue weighted by Crippen LogP contribution is 2.31. The van der Waals surface area contributed by atoms with Crippen molar-refractivity contribution in [3.8, 4) is 0 Å². The number of likely N-dealkylation sites (N-methyl/N-ethyl adjacent to an activating group) is 1. The van der Waals surface area contributed by atoms with E-state index in [2.05, 4.69) is 24.4 Å². The number of benzene rings is 2. The van der Waals surface area contributed by atoms with Gasteiger partial charge in [-0.15, -0.1) is 0 Å². The fourth-order valence-electron chi connectivity index (χ4n) is 5.20. The van der Waals surface area contributed by atoms with E-state index in [1.807, 2.05) is 60.3 Å². The lowest BCUT2D eigenvalue weighted by molar-refractivity contribution is -0.122. The van der Waals surface area contributed by atoms with Gasteiger partial charge in [0.25, 0.3) is 5.91 Å². The zero-order chi connectivity index (χ0) is 24.5. The molecule has 6 nitrogen and oxygen atoms in total. The zero-order valence-corrected chi connectivity index (χ0v) is 21.0. The highest BCUT2D eigenvalue weighted by atomic mass is 32.1. The number of aromatic nitrogens is 1. The van der Waals surface area contributed by atoms with Crippen LogP contribution in [0, 0.1) is 0 Å². The molecule has 180 valence electrons. The van der Waals surface area contributed by atoms with Gasteiger partial charge in [0.05, 0.1) is 11.2 Å². The minimum absolute atomic E-state index is 0.0319. The Balaban J connectivity index is 1.52. The lowest BCUT2D eigenvalue weighted by Crippen LogP contribution is -2.35. The van der Waals surface area contributed by atoms with Gasteiger partial charge in [-0.3, -0.25) is 14.5 Å². The van der Waals surface area contributed by atoms with E-state index in [0.717, 1.165) is 41.4 Å². The molecule has 2 amide bonds. The molecule has 1 saturated carbocycles. The minimum Gasteiger partial charge on any atom is -0.352 e. The highest BCUT2D eigenvalue weighted by molar-refractivity contribution is 7.80. The van der Waals surface area contributed by atoms with Crippen LogP contribution in [0.5, 0.6) is 0 Å². The molecule has 2 aliphatic rings. The number of hydrogen-bond donors (Lipinski definition) is 1. The van der Waals surface area contributed by atoms with Crippen molar-refractivity contribution < 1.29 is 9.59 Å². The molecular formula is C28H30N4O2S. The number of fused-ring (bicyclic) bond motifs is 1. The summed E-state index contributed by atoms with van der Waals surface area (Å²) in [5.74, 6) is -0.125. The van der Waals surface area contributed by atoms with E-state index in [0.29, 0.717) is 10.8 Å². The summed E-state index contributed by atoms with van der Waals surface area (Å²) in [6, 6.07) is 15.9. The van der Waals surface area contributed by atoms with Gasteiger partial charge in [-0.1, -0.05) is 56.2 Å². The fraction of sp³-hybridized carbons (Fsp3) is 0.321. The van der Waals surface area contributed by atoms with Gasteiger partial charge in [-0.05, 0) is 55.3 Å². The first-order valence-electron chi connectivity index (χ1n) is 12.3. The van der Waals surface area contributed by atoms with Gasteiger partial charge in [-0.25, -0.2) is 0 Å². The van der Waals surface area contributed by atoms with Gasteiger partial charge in [0.2, 0.25) is 5.91 Å². The Morgan fingerprint density at radius 3 is 2.57 bits per heavy atom. The second-order valence-electron chi connectivity index (χ2n) is 9.28. The summed E-state index contributed by atoms with van der Waals surface area (Å²) in [4.78, 5) is 29.6. The third-order valence-corrected chi connectivity index (χ3v) is 7.45. The smallest absolute Gasteiger partial charge is 0.281 e. The largest absolute Gasteiger partial charge is 0.352 e. The molecule has 35 heavy (non-hydrogen) atoms. The van der Waals surface area contributed by atoms with Crippen molar-refractivity contribution in [2.45, 2.75) is 51.6 Å². The van der Waals surface area contributed by atoms with Crippen molar-refractivity contribution in [1.82, 2.24) is 14.8 Å². The van der Waals surface area contributed by atoms with Crippen LogP contribution < -0.4 is 10.2 Å². The van der Waals surface area contributed by atoms with Crippen LogP contribution in [0.4, 0.5) is 5.69 Å². The third kappa shape index (κ3) is 4.36. The number of hydrogen-bond acceptors (Lipinski definition) is 3. The second kappa shape index (κ2) is 9.66. The molecule has 0 unspecified atom stereocenters. The molecule has 7 heteroatoms. The molecule has 2 aromatic carbocycles. The van der Waals surface area contributed by atoms with Crippen LogP contribution >= 0.6 is 12.2 Å². The monoisotopic (exact) mass is 486 g/mol. The number of carbonyl (C=O) groups is 2. The Morgan fingerprint density at radius 2 is 1.86 bits per heavy atom. The number of thiocarbonyl (C=S) groups is 1. The van der Waals surface area contributed by atoms with E-state index in [4.69, 9.17) is 12.2 Å². The summed E-state index contributed by atoms with van der Waals surface area (Å²) in [6.45, 7) is 2.37. The first kappa shape index (κ1) is 23.3. The van der Waals surface area contributed by atoms with E-state index in [1.165, 1.54) is 18.4 Å². The molecule has 5 rings (SSSR count). The van der Waals surface area contributed by atoms with Gasteiger partial charge >= 0.3 is 0 Å². The summed E-state index contributed by atoms with van der Waals surface area (Å²) in [5, 5.41) is 4.66. The summed E-state index contributed by atoms with van der Waals surface area (Å²) in [6.07, 6.45) is 9.21. The molecule has 3 aromatic rings. The Labute approximate surface area is 211 Å². The fourth-order valence-corrected chi connectivity index (χ4v) is 5.48. The molecule has 0 bridgehead atoms. The highest BCUT2D eigenvalue weighted by Gasteiger charge is 2.37. The molecule has 2 heterocycles. The van der Waals surface area contributed by atoms with E-state index >= 15 is 0 Å². The van der Waals surface area contributed by atoms with Crippen molar-refractivity contribution in [3.63, 3.8) is 0 Å². The molecular weight excluding hydrogens is 456 g/mol. The first-order chi connectivity index (χ1) is 17.0. The van der Waals surface area contributed by atoms with E-state index in [-0.39, 0.29) is 24.4 Å². The van der Waals surface area contributed by atoms with E-state index < -0.39 is 0 Å². The van der Waals surface area contributed by atoms with E-state index in [1.54, 1.807) is 9.80 Å². The van der Waals surface area contributed by atoms with E-state index in [9.17, 15) is 9.59 Å². The minimum atomic E-state index is -0.157. The van der Waals surface area contributed by atoms with Crippen molar-refractivity contribution in [1.29, 1.82) is 0 Å². The molecule has 1 N–H and O–H groups in total. The van der Waals surface area contributed by atoms with Crippen LogP contribution in [-0.4, -0.2) is 39.5 Å². The quantitative estimate of drug-likeness (QED) is 0.399. The Hall–Kier alpha value is -3.45. The number of amides is 2. The number of rotatable bonds is 6. The van der Waals surface area contributed by atoms with Crippen molar-refractivity contribution in [2.24, 2.45) is 0 Å². The number of carbonyl (C=O) groups excluding carboxylic acids is 2. The summed E-state index contributed by atoms with van der Waals surface area (Å²) < 4.78 is 2.03. The lowest BCUT2D eigenvalue weighted by Gasteiger charge is -2.16. The predicted molar refractivity (Wildman–Crippen MR) is 144 cm³/mol. The first-order valence-corrected chi connectivity index (χ1v) is 12.7. The molecule has 1 aliphatic carbocycles. The molecule has 1 aromatic heterocycles. The Bertz CT molecular complexity index is 1320. The van der Waals surface area contributed by atoms with Crippen molar-refractivity contribution in [3.05, 3.63) is 71.6 Å². The maximum atomic E-state index is 13.4. The maximum absolute atomic E-state index is 13.4. The molecule has 0 spiro atoms. The number of nitrogens with zero attached hydrogens (tertiary/aromatic N) is 3. The topological polar surface area (TPSA) is 57.6 Å². The van der Waals surface area contributed by atoms with Gasteiger partial charge in [0.15, 0.2) is 5.11 Å². The van der Waals surface area contributed by atoms with Crippen LogP contribution in [0.1, 0.15) is 43.7 Å². The molecule has 1 saturated heterocycles. The maximum Gasteiger partial charge on any atom is 0.281 e. The average molecular weight is 487 g/mol. The Kier molecular flexibility index (Phi) is 6.43. The second-order valence-corrected chi connectivity index (χ2v) is 9.64. The lowest BCUT2D eigenvalue weighted by atomic mass is 10.1. The summed E-state index contributed by atoms with van der Waals surface area (Å²) in [5.41, 5.74) is 4.37. The predicted octanol–water partition coefficient (Wildman–Crippen LogP) is 4.87. The number of anilines is 1. The average Bonchev–Trinajstić information content (AvgIpc) is 3.55. The van der Waals surface area contributed by atoms with Gasteiger partial charge in [0, 0.05) is 30.2 Å². The summed E-state index contributed by atoms with van der Waals surface area (Å²) in [7, 11) is 1.82. The van der Waals surface area contributed by atoms with Gasteiger partial charge < -0.3 is 14.8 Å². The molecule has 0 atom stereocenters. The number of nitrogens with one attached hydrogen (secondary N) is 1. The Morgan fingerprint density at radius 1 is 1.11 bits per heavy atom. The molecule has 2 fully saturated rings. The van der Waals surface area contributed by atoms with Crippen LogP contribution in [0.15, 0.2) is 60.4 Å². The number of aryl methyl sites for hydroxylation is 1. The third-order valence-electron chi connectivity index (χ3n) is 7.00.